The van der Waals surface area contributed by atoms with Crippen LogP contribution < -0.4 is 5.32 Å². The Balaban J connectivity index is 2.68. The molecule has 0 aliphatic carbocycles. The Hall–Kier alpha value is -0.870. The Labute approximate surface area is 110 Å². The van der Waals surface area contributed by atoms with Gasteiger partial charge in [0, 0.05) is 31.0 Å². The van der Waals surface area contributed by atoms with Gasteiger partial charge in [0.05, 0.1) is 5.69 Å². The van der Waals surface area contributed by atoms with E-state index in [1.165, 1.54) is 11.3 Å². The molecule has 18 heavy (non-hydrogen) atoms. The van der Waals surface area contributed by atoms with Crippen LogP contribution in [0.5, 0.6) is 0 Å². The van der Waals surface area contributed by atoms with Gasteiger partial charge in [0.15, 0.2) is 0 Å². The number of nitrogens with one attached hydrogen (secondary N) is 1. The first-order chi connectivity index (χ1) is 8.45. The summed E-state index contributed by atoms with van der Waals surface area (Å²) in [5.74, 6) is 0.912. The van der Waals surface area contributed by atoms with Gasteiger partial charge < -0.3 is 10.4 Å². The van der Waals surface area contributed by atoms with Gasteiger partial charge >= 0.3 is 0 Å². The first-order valence-corrected chi connectivity index (χ1v) is 6.80. The monoisotopic (exact) mass is 253 g/mol. The number of hydrogen-bond donors (Lipinski definition) is 2. The van der Waals surface area contributed by atoms with Crippen LogP contribution >= 0.6 is 0 Å². The van der Waals surface area contributed by atoms with Crippen molar-refractivity contribution in [3.63, 3.8) is 0 Å². The molecule has 0 spiro atoms. The zero-order chi connectivity index (χ0) is 13.7. The Morgan fingerprint density at radius 2 is 1.94 bits per heavy atom. The predicted molar refractivity (Wildman–Crippen MR) is 74.5 cm³/mol. The minimum Gasteiger partial charge on any atom is -0.396 e. The zero-order valence-electron chi connectivity index (χ0n) is 12.3. The third kappa shape index (κ3) is 4.10. The van der Waals surface area contributed by atoms with Crippen molar-refractivity contribution >= 4 is 0 Å². The summed E-state index contributed by atoms with van der Waals surface area (Å²) in [6.07, 6.45) is 0. The molecule has 0 fully saturated rings. The summed E-state index contributed by atoms with van der Waals surface area (Å²) >= 11 is 0. The van der Waals surface area contributed by atoms with Crippen molar-refractivity contribution in [2.75, 3.05) is 13.2 Å². The summed E-state index contributed by atoms with van der Waals surface area (Å²) in [5.41, 5.74) is 3.60. The molecule has 0 bridgehead atoms. The Bertz CT molecular complexity index is 371. The molecule has 4 nitrogen and oxygen atoms in total. The van der Waals surface area contributed by atoms with Gasteiger partial charge in [0.2, 0.25) is 0 Å². The fourth-order valence-electron chi connectivity index (χ4n) is 2.01. The van der Waals surface area contributed by atoms with Gasteiger partial charge in [0.25, 0.3) is 0 Å². The minimum atomic E-state index is 0.208. The molecule has 1 aromatic heterocycles. The number of aliphatic hydroxyl groups is 1. The molecule has 0 saturated carbocycles. The van der Waals surface area contributed by atoms with Crippen LogP contribution in [0.4, 0.5) is 0 Å². The molecule has 4 heteroatoms. The quantitative estimate of drug-likeness (QED) is 0.780. The van der Waals surface area contributed by atoms with E-state index in [-0.39, 0.29) is 12.5 Å². The molecular formula is C14H27N3O. The van der Waals surface area contributed by atoms with Gasteiger partial charge in [-0.2, -0.15) is 5.10 Å². The van der Waals surface area contributed by atoms with Crippen molar-refractivity contribution in [3.8, 4) is 0 Å². The van der Waals surface area contributed by atoms with Gasteiger partial charge in [-0.1, -0.05) is 20.8 Å². The normalized spacial score (nSPS) is 13.3. The van der Waals surface area contributed by atoms with Gasteiger partial charge in [-0.3, -0.25) is 4.68 Å². The molecule has 1 unspecified atom stereocenters. The summed E-state index contributed by atoms with van der Waals surface area (Å²) < 4.78 is 2.02. The van der Waals surface area contributed by atoms with Crippen LogP contribution in [0.25, 0.3) is 0 Å². The zero-order valence-corrected chi connectivity index (χ0v) is 12.3. The molecule has 1 rings (SSSR count). The standard InChI is InChI=1S/C14H27N3O/c1-10(2)6-15-7-14-12(4)16-17(13(14)5)8-11(3)9-18/h10-11,15,18H,6-9H2,1-5H3. The number of nitrogens with zero attached hydrogens (tertiary/aromatic N) is 2. The van der Waals surface area contributed by atoms with Crippen LogP contribution in [-0.2, 0) is 13.1 Å². The second-order valence-corrected chi connectivity index (χ2v) is 5.64. The van der Waals surface area contributed by atoms with Gasteiger partial charge in [0.1, 0.15) is 0 Å². The summed E-state index contributed by atoms with van der Waals surface area (Å²) in [4.78, 5) is 0. The second-order valence-electron chi connectivity index (χ2n) is 5.64. The van der Waals surface area contributed by atoms with Crippen LogP contribution in [-0.4, -0.2) is 28.0 Å². The lowest BCUT2D eigenvalue weighted by atomic mass is 10.1. The number of aromatic nitrogens is 2. The van der Waals surface area contributed by atoms with Crippen molar-refractivity contribution in [1.82, 2.24) is 15.1 Å². The molecule has 1 aromatic rings. The Morgan fingerprint density at radius 3 is 2.50 bits per heavy atom. The summed E-state index contributed by atoms with van der Waals surface area (Å²) in [6.45, 7) is 13.5. The van der Waals surface area contributed by atoms with Gasteiger partial charge in [-0.25, -0.2) is 0 Å². The first-order valence-electron chi connectivity index (χ1n) is 6.80. The van der Waals surface area contributed by atoms with E-state index >= 15 is 0 Å². The number of aliphatic hydroxyl groups excluding tert-OH is 1. The SMILES string of the molecule is Cc1nn(CC(C)CO)c(C)c1CNCC(C)C. The molecule has 2 N–H and O–H groups in total. The molecule has 104 valence electrons. The molecule has 0 aromatic carbocycles. The van der Waals surface area contributed by atoms with Crippen molar-refractivity contribution in [3.05, 3.63) is 17.0 Å². The van der Waals surface area contributed by atoms with Crippen molar-refractivity contribution in [2.45, 2.75) is 47.7 Å². The fourth-order valence-corrected chi connectivity index (χ4v) is 2.01. The van der Waals surface area contributed by atoms with E-state index in [9.17, 15) is 0 Å². The van der Waals surface area contributed by atoms with Crippen LogP contribution in [0.2, 0.25) is 0 Å². The average molecular weight is 253 g/mol. The molecule has 0 amide bonds. The maximum absolute atomic E-state index is 9.11. The van der Waals surface area contributed by atoms with E-state index in [0.717, 1.165) is 25.3 Å². The number of hydrogen-bond acceptors (Lipinski definition) is 3. The summed E-state index contributed by atoms with van der Waals surface area (Å²) in [6, 6.07) is 0. The van der Waals surface area contributed by atoms with E-state index in [1.807, 2.05) is 11.6 Å². The number of aryl methyl sites for hydroxylation is 1. The Morgan fingerprint density at radius 1 is 1.28 bits per heavy atom. The average Bonchev–Trinajstić information content (AvgIpc) is 2.56. The smallest absolute Gasteiger partial charge is 0.0641 e. The van der Waals surface area contributed by atoms with Crippen molar-refractivity contribution < 1.29 is 5.11 Å². The highest BCUT2D eigenvalue weighted by Gasteiger charge is 2.12. The van der Waals surface area contributed by atoms with E-state index < -0.39 is 0 Å². The van der Waals surface area contributed by atoms with Gasteiger partial charge in [-0.15, -0.1) is 0 Å². The topological polar surface area (TPSA) is 50.1 Å². The lowest BCUT2D eigenvalue weighted by Crippen LogP contribution is -2.20. The van der Waals surface area contributed by atoms with Gasteiger partial charge in [-0.05, 0) is 32.2 Å². The molecule has 0 aliphatic rings. The maximum Gasteiger partial charge on any atom is 0.0641 e. The molecule has 0 saturated heterocycles. The molecule has 1 atom stereocenters. The lowest BCUT2D eigenvalue weighted by Gasteiger charge is -2.11. The van der Waals surface area contributed by atoms with Crippen molar-refractivity contribution in [1.29, 1.82) is 0 Å². The van der Waals surface area contributed by atoms with E-state index in [2.05, 4.69) is 38.1 Å². The van der Waals surface area contributed by atoms with Crippen molar-refractivity contribution in [2.24, 2.45) is 11.8 Å². The third-order valence-corrected chi connectivity index (χ3v) is 3.18. The predicted octanol–water partition coefficient (Wildman–Crippen LogP) is 1.87. The molecule has 0 radical (unpaired) electrons. The Kier molecular flexibility index (Phi) is 5.82. The molecule has 1 heterocycles. The lowest BCUT2D eigenvalue weighted by molar-refractivity contribution is 0.218. The highest BCUT2D eigenvalue weighted by molar-refractivity contribution is 5.24. The van der Waals surface area contributed by atoms with Crippen LogP contribution in [0.15, 0.2) is 0 Å². The van der Waals surface area contributed by atoms with E-state index in [0.29, 0.717) is 5.92 Å². The number of rotatable bonds is 7. The van der Waals surface area contributed by atoms with E-state index in [4.69, 9.17) is 5.11 Å². The van der Waals surface area contributed by atoms with Crippen LogP contribution in [0.3, 0.4) is 0 Å². The maximum atomic E-state index is 9.11. The first kappa shape index (κ1) is 15.2. The molecule has 0 aliphatic heterocycles. The van der Waals surface area contributed by atoms with E-state index in [1.54, 1.807) is 0 Å². The molecular weight excluding hydrogens is 226 g/mol. The minimum absolute atomic E-state index is 0.208. The van der Waals surface area contributed by atoms with Crippen LogP contribution in [0.1, 0.15) is 37.7 Å². The highest BCUT2D eigenvalue weighted by Crippen LogP contribution is 2.14. The summed E-state index contributed by atoms with van der Waals surface area (Å²) in [7, 11) is 0. The van der Waals surface area contributed by atoms with Crippen LogP contribution in [0, 0.1) is 25.7 Å². The summed E-state index contributed by atoms with van der Waals surface area (Å²) in [5, 5.41) is 17.1. The third-order valence-electron chi connectivity index (χ3n) is 3.18. The fraction of sp³-hybridized carbons (Fsp3) is 0.786. The highest BCUT2D eigenvalue weighted by atomic mass is 16.3. The second kappa shape index (κ2) is 6.90. The largest absolute Gasteiger partial charge is 0.396 e.